The summed E-state index contributed by atoms with van der Waals surface area (Å²) in [4.78, 5) is 30.7. The highest BCUT2D eigenvalue weighted by atomic mass is 32.1. The average molecular weight is 487 g/mol. The van der Waals surface area contributed by atoms with Crippen LogP contribution in [0.3, 0.4) is 0 Å². The molecule has 0 N–H and O–H groups in total. The van der Waals surface area contributed by atoms with Crippen LogP contribution in [0, 0.1) is 18.6 Å². The number of nitrogens with zero attached hydrogens (tertiary/aromatic N) is 2. The first-order chi connectivity index (χ1) is 16.4. The predicted octanol–water partition coefficient (Wildman–Crippen LogP) is 5.04. The predicted molar refractivity (Wildman–Crippen MR) is 129 cm³/mol. The third kappa shape index (κ3) is 7.20. The zero-order valence-corrected chi connectivity index (χ0v) is 20.1. The summed E-state index contributed by atoms with van der Waals surface area (Å²) in [5.74, 6) is -1.53. The molecule has 2 aromatic carbocycles. The molecule has 0 unspecified atom stereocenters. The molecule has 0 fully saturated rings. The fourth-order valence-corrected chi connectivity index (χ4v) is 4.42. The Morgan fingerprint density at radius 3 is 2.38 bits per heavy atom. The van der Waals surface area contributed by atoms with Crippen LogP contribution in [-0.2, 0) is 22.6 Å². The minimum absolute atomic E-state index is 0.162. The number of hydrogen-bond donors (Lipinski definition) is 0. The minimum Gasteiger partial charge on any atom is -0.385 e. The second-order valence-electron chi connectivity index (χ2n) is 7.99. The van der Waals surface area contributed by atoms with Gasteiger partial charge in [-0.3, -0.25) is 9.59 Å². The van der Waals surface area contributed by atoms with Crippen molar-refractivity contribution in [2.45, 2.75) is 26.4 Å². The molecule has 0 atom stereocenters. The number of halogens is 2. The van der Waals surface area contributed by atoms with Gasteiger partial charge >= 0.3 is 0 Å². The molecule has 0 spiro atoms. The molecule has 1 heterocycles. The summed E-state index contributed by atoms with van der Waals surface area (Å²) in [5.41, 5.74) is 2.05. The van der Waals surface area contributed by atoms with E-state index < -0.39 is 11.7 Å². The Hall–Kier alpha value is -3.10. The highest BCUT2D eigenvalue weighted by molar-refractivity contribution is 7.10. The molecule has 0 bridgehead atoms. The van der Waals surface area contributed by atoms with Gasteiger partial charge in [0.2, 0.25) is 5.91 Å². The summed E-state index contributed by atoms with van der Waals surface area (Å²) in [6, 6.07) is 13.4. The van der Waals surface area contributed by atoms with Crippen molar-refractivity contribution < 1.29 is 23.1 Å². The summed E-state index contributed by atoms with van der Waals surface area (Å²) in [6.45, 7) is 3.18. The van der Waals surface area contributed by atoms with E-state index in [9.17, 15) is 18.4 Å². The van der Waals surface area contributed by atoms with Crippen molar-refractivity contribution in [2.24, 2.45) is 0 Å². The Morgan fingerprint density at radius 2 is 1.74 bits per heavy atom. The van der Waals surface area contributed by atoms with Gasteiger partial charge in [-0.1, -0.05) is 18.2 Å². The summed E-state index contributed by atoms with van der Waals surface area (Å²) in [5, 5.41) is 1.97. The largest absolute Gasteiger partial charge is 0.385 e. The number of hydrogen-bond acceptors (Lipinski definition) is 4. The third-order valence-electron chi connectivity index (χ3n) is 5.40. The van der Waals surface area contributed by atoms with E-state index in [2.05, 4.69) is 0 Å². The van der Waals surface area contributed by atoms with Crippen LogP contribution in [0.25, 0.3) is 0 Å². The van der Waals surface area contributed by atoms with Crippen LogP contribution in [0.1, 0.15) is 32.8 Å². The molecule has 1 aromatic heterocycles. The number of aryl methyl sites for hydroxylation is 1. The molecule has 0 saturated heterocycles. The molecule has 5 nitrogen and oxygen atoms in total. The molecule has 3 aromatic rings. The molecular formula is C26H28F2N2O3S. The smallest absolute Gasteiger partial charge is 0.254 e. The van der Waals surface area contributed by atoms with Crippen molar-refractivity contribution in [3.63, 3.8) is 0 Å². The van der Waals surface area contributed by atoms with Gasteiger partial charge in [0.1, 0.15) is 18.2 Å². The van der Waals surface area contributed by atoms with Gasteiger partial charge in [0.15, 0.2) is 0 Å². The van der Waals surface area contributed by atoms with Gasteiger partial charge in [0.05, 0.1) is 6.54 Å². The van der Waals surface area contributed by atoms with Crippen molar-refractivity contribution in [1.82, 2.24) is 9.80 Å². The Balaban J connectivity index is 1.82. The molecule has 0 aliphatic heterocycles. The van der Waals surface area contributed by atoms with E-state index in [1.165, 1.54) is 41.3 Å². The Bertz CT molecular complexity index is 1100. The number of thiophene rings is 1. The number of ether oxygens (including phenoxy) is 1. The lowest BCUT2D eigenvalue weighted by Gasteiger charge is -2.28. The van der Waals surface area contributed by atoms with E-state index in [0.29, 0.717) is 19.6 Å². The number of carbonyl (C=O) groups excluding carboxylic acids is 2. The standard InChI is InChI=1S/C26H28F2N2O3S/c1-19-11-14-34-24(19)17-30(16-20-7-9-22(27)10-8-20)25(31)18-29(12-4-13-33-2)26(32)21-5-3-6-23(28)15-21/h3,5-11,14-15H,4,12-13,16-18H2,1-2H3. The van der Waals surface area contributed by atoms with Gasteiger partial charge in [-0.2, -0.15) is 0 Å². The van der Waals surface area contributed by atoms with Crippen LogP contribution < -0.4 is 0 Å². The van der Waals surface area contributed by atoms with Gasteiger partial charge in [0.25, 0.3) is 5.91 Å². The zero-order valence-electron chi connectivity index (χ0n) is 19.3. The van der Waals surface area contributed by atoms with Gasteiger partial charge < -0.3 is 14.5 Å². The van der Waals surface area contributed by atoms with Crippen LogP contribution in [0.2, 0.25) is 0 Å². The zero-order chi connectivity index (χ0) is 24.5. The molecule has 0 radical (unpaired) electrons. The lowest BCUT2D eigenvalue weighted by molar-refractivity contribution is -0.133. The van der Waals surface area contributed by atoms with E-state index in [4.69, 9.17) is 4.74 Å². The summed E-state index contributed by atoms with van der Waals surface area (Å²) < 4.78 is 32.2. The number of benzene rings is 2. The van der Waals surface area contributed by atoms with Gasteiger partial charge in [-0.25, -0.2) is 8.78 Å². The average Bonchev–Trinajstić information content (AvgIpc) is 3.23. The van der Waals surface area contributed by atoms with Crippen LogP contribution in [-0.4, -0.2) is 48.4 Å². The molecule has 34 heavy (non-hydrogen) atoms. The fraction of sp³-hybridized carbons (Fsp3) is 0.308. The quantitative estimate of drug-likeness (QED) is 0.357. The maximum Gasteiger partial charge on any atom is 0.254 e. The fourth-order valence-electron chi connectivity index (χ4n) is 3.50. The molecule has 0 saturated carbocycles. The van der Waals surface area contributed by atoms with E-state index >= 15 is 0 Å². The first kappa shape index (κ1) is 25.5. The number of methoxy groups -OCH3 is 1. The summed E-state index contributed by atoms with van der Waals surface area (Å²) in [6.07, 6.45) is 0.535. The number of rotatable bonds is 11. The highest BCUT2D eigenvalue weighted by Crippen LogP contribution is 2.20. The second-order valence-corrected chi connectivity index (χ2v) is 8.99. The van der Waals surface area contributed by atoms with Crippen molar-refractivity contribution in [1.29, 1.82) is 0 Å². The SMILES string of the molecule is COCCCN(CC(=O)N(Cc1ccc(F)cc1)Cc1sccc1C)C(=O)c1cccc(F)c1. The Kier molecular flexibility index (Phi) is 9.30. The number of carbonyl (C=O) groups is 2. The lowest BCUT2D eigenvalue weighted by Crippen LogP contribution is -2.43. The van der Waals surface area contributed by atoms with Crippen molar-refractivity contribution in [2.75, 3.05) is 26.8 Å². The highest BCUT2D eigenvalue weighted by Gasteiger charge is 2.23. The van der Waals surface area contributed by atoms with E-state index in [1.807, 2.05) is 18.4 Å². The monoisotopic (exact) mass is 486 g/mol. The van der Waals surface area contributed by atoms with Crippen LogP contribution in [0.4, 0.5) is 8.78 Å². The topological polar surface area (TPSA) is 49.9 Å². The van der Waals surface area contributed by atoms with Crippen LogP contribution in [0.15, 0.2) is 60.0 Å². The van der Waals surface area contributed by atoms with E-state index in [-0.39, 0.29) is 36.9 Å². The summed E-state index contributed by atoms with van der Waals surface area (Å²) in [7, 11) is 1.57. The molecule has 3 rings (SSSR count). The van der Waals surface area contributed by atoms with Gasteiger partial charge in [0, 0.05) is 37.2 Å². The summed E-state index contributed by atoms with van der Waals surface area (Å²) >= 11 is 1.56. The first-order valence-electron chi connectivity index (χ1n) is 11.0. The van der Waals surface area contributed by atoms with Gasteiger partial charge in [-0.15, -0.1) is 11.3 Å². The van der Waals surface area contributed by atoms with Crippen molar-refractivity contribution in [3.8, 4) is 0 Å². The lowest BCUT2D eigenvalue weighted by atomic mass is 10.1. The maximum atomic E-state index is 13.7. The molecule has 2 amide bonds. The van der Waals surface area contributed by atoms with E-state index in [0.717, 1.165) is 16.0 Å². The van der Waals surface area contributed by atoms with Crippen LogP contribution >= 0.6 is 11.3 Å². The van der Waals surface area contributed by atoms with E-state index in [1.54, 1.807) is 35.5 Å². The normalized spacial score (nSPS) is 10.8. The molecular weight excluding hydrogens is 458 g/mol. The Morgan fingerprint density at radius 1 is 0.971 bits per heavy atom. The van der Waals surface area contributed by atoms with Crippen molar-refractivity contribution in [3.05, 3.63) is 93.2 Å². The minimum atomic E-state index is -0.514. The Labute approximate surface area is 202 Å². The van der Waals surface area contributed by atoms with Crippen molar-refractivity contribution >= 4 is 23.2 Å². The van der Waals surface area contributed by atoms with Gasteiger partial charge in [-0.05, 0) is 66.2 Å². The maximum absolute atomic E-state index is 13.7. The molecule has 0 aliphatic rings. The number of amides is 2. The molecule has 0 aliphatic carbocycles. The first-order valence-corrected chi connectivity index (χ1v) is 11.8. The second kappa shape index (κ2) is 12.4. The molecule has 8 heteroatoms. The third-order valence-corrected chi connectivity index (χ3v) is 6.41. The molecule has 180 valence electrons. The van der Waals surface area contributed by atoms with Crippen LogP contribution in [0.5, 0.6) is 0 Å².